The molecule has 1 aliphatic rings. The van der Waals surface area contributed by atoms with E-state index in [0.29, 0.717) is 0 Å². The van der Waals surface area contributed by atoms with Gasteiger partial charge in [-0.3, -0.25) is 0 Å². The van der Waals surface area contributed by atoms with Crippen molar-refractivity contribution >= 4 is 25.4 Å². The maximum absolute atomic E-state index is 11.3. The molecular weight excluding hydrogens is 332 g/mol. The van der Waals surface area contributed by atoms with Crippen molar-refractivity contribution < 1.29 is 8.42 Å². The molecule has 0 atom stereocenters. The molecule has 1 fully saturated rings. The maximum Gasteiger partial charge on any atom is 0.261 e. The fourth-order valence-corrected chi connectivity index (χ4v) is 3.53. The highest BCUT2D eigenvalue weighted by Gasteiger charge is 2.15. The fourth-order valence-electron chi connectivity index (χ4n) is 2.76. The molecule has 2 aromatic rings. The van der Waals surface area contributed by atoms with Gasteiger partial charge in [-0.1, -0.05) is 24.3 Å². The van der Waals surface area contributed by atoms with Crippen molar-refractivity contribution in [3.8, 4) is 11.1 Å². The van der Waals surface area contributed by atoms with Crippen molar-refractivity contribution in [3.05, 3.63) is 48.5 Å². The monoisotopic (exact) mass is 350 g/mol. The van der Waals surface area contributed by atoms with Gasteiger partial charge in [0.1, 0.15) is 0 Å². The van der Waals surface area contributed by atoms with Crippen molar-refractivity contribution in [2.75, 3.05) is 38.1 Å². The van der Waals surface area contributed by atoms with E-state index in [1.807, 2.05) is 12.1 Å². The van der Waals surface area contributed by atoms with E-state index in [1.54, 1.807) is 24.3 Å². The number of hydrogen-bond acceptors (Lipinski definition) is 4. The van der Waals surface area contributed by atoms with Crippen molar-refractivity contribution in [1.29, 1.82) is 0 Å². The minimum atomic E-state index is -3.67. The first-order valence-electron chi connectivity index (χ1n) is 7.52. The topological polar surface area (TPSA) is 40.6 Å². The van der Waals surface area contributed by atoms with Crippen LogP contribution in [0.5, 0.6) is 0 Å². The first-order chi connectivity index (χ1) is 10.9. The van der Waals surface area contributed by atoms with Crippen LogP contribution in [-0.2, 0) is 9.05 Å². The molecule has 0 unspecified atom stereocenters. The van der Waals surface area contributed by atoms with Crippen LogP contribution in [0.2, 0.25) is 0 Å². The van der Waals surface area contributed by atoms with Gasteiger partial charge in [-0.2, -0.15) is 0 Å². The van der Waals surface area contributed by atoms with Crippen molar-refractivity contribution in [3.63, 3.8) is 0 Å². The normalized spacial score (nSPS) is 16.5. The number of nitrogens with zero attached hydrogens (tertiary/aromatic N) is 2. The highest BCUT2D eigenvalue weighted by molar-refractivity contribution is 8.13. The lowest BCUT2D eigenvalue weighted by atomic mass is 10.0. The van der Waals surface area contributed by atoms with E-state index in [0.717, 1.165) is 37.3 Å². The molecule has 6 heteroatoms. The molecule has 0 bridgehead atoms. The summed E-state index contributed by atoms with van der Waals surface area (Å²) in [5.41, 5.74) is 3.25. The number of hydrogen-bond donors (Lipinski definition) is 0. The molecule has 0 aliphatic carbocycles. The largest absolute Gasteiger partial charge is 0.369 e. The molecule has 23 heavy (non-hydrogen) atoms. The molecular formula is C17H19ClN2O2S. The van der Waals surface area contributed by atoms with Crippen molar-refractivity contribution in [2.24, 2.45) is 0 Å². The average Bonchev–Trinajstić information content (AvgIpc) is 2.55. The van der Waals surface area contributed by atoms with Gasteiger partial charge in [0, 0.05) is 42.5 Å². The Labute approximate surface area is 141 Å². The van der Waals surface area contributed by atoms with Gasteiger partial charge in [-0.25, -0.2) is 8.42 Å². The molecule has 3 rings (SSSR count). The Morgan fingerprint density at radius 2 is 1.57 bits per heavy atom. The van der Waals surface area contributed by atoms with E-state index in [-0.39, 0.29) is 4.90 Å². The minimum absolute atomic E-state index is 0.123. The van der Waals surface area contributed by atoms with Crippen LogP contribution in [0.1, 0.15) is 0 Å². The second-order valence-electron chi connectivity index (χ2n) is 5.80. The molecule has 4 nitrogen and oxygen atoms in total. The maximum atomic E-state index is 11.3. The van der Waals surface area contributed by atoms with Crippen molar-refractivity contribution in [1.82, 2.24) is 4.90 Å². The van der Waals surface area contributed by atoms with E-state index in [9.17, 15) is 8.42 Å². The lowest BCUT2D eigenvalue weighted by Gasteiger charge is -2.34. The lowest BCUT2D eigenvalue weighted by molar-refractivity contribution is 0.313. The molecule has 0 radical (unpaired) electrons. The Balaban J connectivity index is 1.85. The highest BCUT2D eigenvalue weighted by Crippen LogP contribution is 2.27. The SMILES string of the molecule is CN1CCN(c2cccc(-c3ccc(S(=O)(=O)Cl)cc3)c2)CC1. The zero-order chi connectivity index (χ0) is 16.4. The summed E-state index contributed by atoms with van der Waals surface area (Å²) < 4.78 is 22.6. The van der Waals surface area contributed by atoms with Crippen LogP contribution in [0.4, 0.5) is 5.69 Å². The third-order valence-electron chi connectivity index (χ3n) is 4.18. The Morgan fingerprint density at radius 3 is 2.17 bits per heavy atom. The van der Waals surface area contributed by atoms with Crippen LogP contribution in [0.3, 0.4) is 0 Å². The molecule has 122 valence electrons. The van der Waals surface area contributed by atoms with Gasteiger partial charge in [0.05, 0.1) is 4.90 Å². The number of piperazine rings is 1. The predicted octanol–water partition coefficient (Wildman–Crippen LogP) is 3.03. The molecule has 0 saturated carbocycles. The second kappa shape index (κ2) is 6.51. The summed E-state index contributed by atoms with van der Waals surface area (Å²) in [6.07, 6.45) is 0. The standard InChI is InChI=1S/C17H19ClN2O2S/c1-19-9-11-20(12-10-19)16-4-2-3-15(13-16)14-5-7-17(8-6-14)23(18,21)22/h2-8,13H,9-12H2,1H3. The summed E-state index contributed by atoms with van der Waals surface area (Å²) in [6, 6.07) is 15.0. The highest BCUT2D eigenvalue weighted by atomic mass is 35.7. The summed E-state index contributed by atoms with van der Waals surface area (Å²) in [5, 5.41) is 0. The number of benzene rings is 2. The summed E-state index contributed by atoms with van der Waals surface area (Å²) >= 11 is 0. The van der Waals surface area contributed by atoms with Gasteiger partial charge < -0.3 is 9.80 Å². The van der Waals surface area contributed by atoms with Crippen LogP contribution in [0, 0.1) is 0 Å². The van der Waals surface area contributed by atoms with Crippen LogP contribution in [-0.4, -0.2) is 46.5 Å². The molecule has 1 saturated heterocycles. The van der Waals surface area contributed by atoms with E-state index in [4.69, 9.17) is 10.7 Å². The third kappa shape index (κ3) is 3.86. The predicted molar refractivity (Wildman–Crippen MR) is 94.6 cm³/mol. The molecule has 0 N–H and O–H groups in total. The number of halogens is 1. The summed E-state index contributed by atoms with van der Waals surface area (Å²) in [5.74, 6) is 0. The number of likely N-dealkylation sites (N-methyl/N-ethyl adjacent to an activating group) is 1. The summed E-state index contributed by atoms with van der Waals surface area (Å²) in [6.45, 7) is 4.16. The van der Waals surface area contributed by atoms with Crippen LogP contribution >= 0.6 is 10.7 Å². The van der Waals surface area contributed by atoms with Crippen LogP contribution in [0.25, 0.3) is 11.1 Å². The van der Waals surface area contributed by atoms with E-state index in [2.05, 4.69) is 29.0 Å². The summed E-state index contributed by atoms with van der Waals surface area (Å²) in [7, 11) is 3.82. The molecule has 1 aliphatic heterocycles. The molecule has 1 heterocycles. The number of rotatable bonds is 3. The fraction of sp³-hybridized carbons (Fsp3) is 0.294. The quantitative estimate of drug-likeness (QED) is 0.798. The van der Waals surface area contributed by atoms with E-state index < -0.39 is 9.05 Å². The van der Waals surface area contributed by atoms with Crippen molar-refractivity contribution in [2.45, 2.75) is 4.90 Å². The first kappa shape index (κ1) is 16.3. The first-order valence-corrected chi connectivity index (χ1v) is 9.83. The minimum Gasteiger partial charge on any atom is -0.369 e. The molecule has 0 amide bonds. The number of anilines is 1. The molecule has 0 spiro atoms. The van der Waals surface area contributed by atoms with Crippen LogP contribution < -0.4 is 4.90 Å². The van der Waals surface area contributed by atoms with Gasteiger partial charge in [-0.15, -0.1) is 0 Å². The van der Waals surface area contributed by atoms with E-state index >= 15 is 0 Å². The molecule has 0 aromatic heterocycles. The Morgan fingerprint density at radius 1 is 0.913 bits per heavy atom. The van der Waals surface area contributed by atoms with Gasteiger partial charge in [0.15, 0.2) is 0 Å². The van der Waals surface area contributed by atoms with Gasteiger partial charge in [0.25, 0.3) is 9.05 Å². The zero-order valence-electron chi connectivity index (χ0n) is 12.9. The Kier molecular flexibility index (Phi) is 4.62. The Bertz CT molecular complexity index is 782. The van der Waals surface area contributed by atoms with Crippen LogP contribution in [0.15, 0.2) is 53.4 Å². The van der Waals surface area contributed by atoms with E-state index in [1.165, 1.54) is 5.69 Å². The lowest BCUT2D eigenvalue weighted by Crippen LogP contribution is -2.44. The summed E-state index contributed by atoms with van der Waals surface area (Å²) in [4.78, 5) is 4.82. The molecule has 2 aromatic carbocycles. The van der Waals surface area contributed by atoms with Gasteiger partial charge >= 0.3 is 0 Å². The smallest absolute Gasteiger partial charge is 0.261 e. The zero-order valence-corrected chi connectivity index (χ0v) is 14.5. The third-order valence-corrected chi connectivity index (χ3v) is 5.55. The second-order valence-corrected chi connectivity index (χ2v) is 8.37. The average molecular weight is 351 g/mol. The van der Waals surface area contributed by atoms with Gasteiger partial charge in [-0.05, 0) is 42.4 Å². The Hall–Kier alpha value is -1.56. The van der Waals surface area contributed by atoms with Gasteiger partial charge in [0.2, 0.25) is 0 Å².